The standard InChI is InChI=1S/C47H30N4O/c48-31-32-23-25-35(26-24-32)45-49-44(34-13-4-1-5-14-34)50-46(51-45)36-29-27-33(28-30-36)39-19-12-21-41-43(39)52-42-22-11-10-20-40(42)47(41,37-15-6-2-7-16-37)38-17-8-3-9-18-38/h1-30H. The zero-order valence-electron chi connectivity index (χ0n) is 28.0. The monoisotopic (exact) mass is 666 g/mol. The highest BCUT2D eigenvalue weighted by Gasteiger charge is 2.45. The van der Waals surface area contributed by atoms with Gasteiger partial charge < -0.3 is 4.74 Å². The molecule has 2 heterocycles. The maximum atomic E-state index is 9.33. The summed E-state index contributed by atoms with van der Waals surface area (Å²) in [4.78, 5) is 14.7. The molecule has 1 aromatic heterocycles. The van der Waals surface area contributed by atoms with Crippen LogP contribution < -0.4 is 4.74 Å². The lowest BCUT2D eigenvalue weighted by Gasteiger charge is -2.42. The molecular formula is C47H30N4O. The first kappa shape index (κ1) is 30.9. The Kier molecular flexibility index (Phi) is 7.68. The summed E-state index contributed by atoms with van der Waals surface area (Å²) in [5, 5.41) is 9.33. The van der Waals surface area contributed by atoms with E-state index in [1.807, 2.05) is 48.5 Å². The summed E-state index contributed by atoms with van der Waals surface area (Å²) in [6.07, 6.45) is 0. The summed E-state index contributed by atoms with van der Waals surface area (Å²) in [6.45, 7) is 0. The van der Waals surface area contributed by atoms with E-state index in [9.17, 15) is 5.26 Å². The average molecular weight is 667 g/mol. The minimum Gasteiger partial charge on any atom is -0.456 e. The Bertz CT molecular complexity index is 2540. The van der Waals surface area contributed by atoms with E-state index in [4.69, 9.17) is 19.7 Å². The molecule has 0 saturated heterocycles. The molecule has 7 aromatic carbocycles. The first-order chi connectivity index (χ1) is 25.7. The summed E-state index contributed by atoms with van der Waals surface area (Å²) in [5.41, 5.74) is 9.10. The molecule has 0 aliphatic carbocycles. The van der Waals surface area contributed by atoms with Crippen molar-refractivity contribution >= 4 is 0 Å². The van der Waals surface area contributed by atoms with Gasteiger partial charge >= 0.3 is 0 Å². The zero-order chi connectivity index (χ0) is 34.9. The molecule has 52 heavy (non-hydrogen) atoms. The van der Waals surface area contributed by atoms with Gasteiger partial charge in [0, 0.05) is 33.4 Å². The van der Waals surface area contributed by atoms with Crippen LogP contribution in [-0.2, 0) is 5.41 Å². The van der Waals surface area contributed by atoms with E-state index in [-0.39, 0.29) is 0 Å². The molecule has 5 heteroatoms. The third-order valence-electron chi connectivity index (χ3n) is 9.73. The molecule has 0 spiro atoms. The molecule has 8 aromatic rings. The summed E-state index contributed by atoms with van der Waals surface area (Å²) in [5.74, 6) is 3.35. The molecule has 0 atom stereocenters. The second-order valence-corrected chi connectivity index (χ2v) is 12.7. The number of nitrogens with zero attached hydrogens (tertiary/aromatic N) is 4. The van der Waals surface area contributed by atoms with Crippen LogP contribution in [0.25, 0.3) is 45.3 Å². The van der Waals surface area contributed by atoms with Crippen molar-refractivity contribution in [3.05, 3.63) is 210 Å². The van der Waals surface area contributed by atoms with Gasteiger partial charge in [0.2, 0.25) is 0 Å². The maximum Gasteiger partial charge on any atom is 0.164 e. The van der Waals surface area contributed by atoms with Gasteiger partial charge in [-0.15, -0.1) is 0 Å². The quantitative estimate of drug-likeness (QED) is 0.177. The highest BCUT2D eigenvalue weighted by Crippen LogP contribution is 2.57. The van der Waals surface area contributed by atoms with Crippen LogP contribution in [0.2, 0.25) is 0 Å². The van der Waals surface area contributed by atoms with Gasteiger partial charge in [0.15, 0.2) is 17.5 Å². The second-order valence-electron chi connectivity index (χ2n) is 12.7. The van der Waals surface area contributed by atoms with E-state index in [0.717, 1.165) is 50.4 Å². The lowest BCUT2D eigenvalue weighted by atomic mass is 9.63. The van der Waals surface area contributed by atoms with E-state index in [1.54, 1.807) is 12.1 Å². The number of ether oxygens (including phenoxy) is 1. The Balaban J connectivity index is 1.18. The van der Waals surface area contributed by atoms with Gasteiger partial charge in [0.05, 0.1) is 17.0 Å². The van der Waals surface area contributed by atoms with Gasteiger partial charge in [-0.2, -0.15) is 5.26 Å². The number of para-hydroxylation sites is 2. The lowest BCUT2D eigenvalue weighted by Crippen LogP contribution is -2.34. The van der Waals surface area contributed by atoms with Crippen LogP contribution in [-0.4, -0.2) is 15.0 Å². The fourth-order valence-corrected chi connectivity index (χ4v) is 7.30. The molecule has 0 saturated carbocycles. The van der Waals surface area contributed by atoms with Crippen LogP contribution >= 0.6 is 0 Å². The molecule has 0 bridgehead atoms. The Morgan fingerprint density at radius 3 is 1.46 bits per heavy atom. The smallest absolute Gasteiger partial charge is 0.164 e. The number of nitriles is 1. The molecule has 0 fully saturated rings. The van der Waals surface area contributed by atoms with E-state index in [2.05, 4.69) is 127 Å². The van der Waals surface area contributed by atoms with Gasteiger partial charge in [-0.1, -0.05) is 152 Å². The Morgan fingerprint density at radius 2 is 0.885 bits per heavy atom. The fourth-order valence-electron chi connectivity index (χ4n) is 7.30. The Labute approximate surface area is 302 Å². The van der Waals surface area contributed by atoms with Crippen LogP contribution in [0.4, 0.5) is 0 Å². The first-order valence-electron chi connectivity index (χ1n) is 17.2. The predicted octanol–water partition coefficient (Wildman–Crippen LogP) is 10.9. The van der Waals surface area contributed by atoms with Gasteiger partial charge in [0.25, 0.3) is 0 Å². The van der Waals surface area contributed by atoms with Crippen LogP contribution in [0.15, 0.2) is 182 Å². The van der Waals surface area contributed by atoms with Crippen molar-refractivity contribution in [1.29, 1.82) is 5.26 Å². The predicted molar refractivity (Wildman–Crippen MR) is 205 cm³/mol. The first-order valence-corrected chi connectivity index (χ1v) is 17.2. The van der Waals surface area contributed by atoms with Crippen LogP contribution in [0.5, 0.6) is 11.5 Å². The van der Waals surface area contributed by atoms with E-state index >= 15 is 0 Å². The molecule has 1 aliphatic heterocycles. The van der Waals surface area contributed by atoms with Gasteiger partial charge in [0.1, 0.15) is 11.5 Å². The normalized spacial score (nSPS) is 12.5. The SMILES string of the molecule is N#Cc1ccc(-c2nc(-c3ccccc3)nc(-c3ccc(-c4cccc5c4Oc4ccccc4C5(c4ccccc4)c4ccccc4)cc3)n2)cc1. The van der Waals surface area contributed by atoms with Gasteiger partial charge in [-0.25, -0.2) is 15.0 Å². The average Bonchev–Trinajstić information content (AvgIpc) is 3.23. The van der Waals surface area contributed by atoms with Crippen molar-refractivity contribution in [2.45, 2.75) is 5.41 Å². The number of rotatable bonds is 6. The molecule has 0 N–H and O–H groups in total. The second kappa shape index (κ2) is 12.9. The fraction of sp³-hybridized carbons (Fsp3) is 0.0213. The summed E-state index contributed by atoms with van der Waals surface area (Å²) in [6, 6.07) is 64.0. The van der Waals surface area contributed by atoms with Crippen molar-refractivity contribution in [3.8, 4) is 62.9 Å². The Morgan fingerprint density at radius 1 is 0.423 bits per heavy atom. The molecule has 0 amide bonds. The van der Waals surface area contributed by atoms with E-state index in [0.29, 0.717) is 23.0 Å². The van der Waals surface area contributed by atoms with Crippen LogP contribution in [0.3, 0.4) is 0 Å². The minimum absolute atomic E-state index is 0.541. The molecule has 0 unspecified atom stereocenters. The van der Waals surface area contributed by atoms with Crippen molar-refractivity contribution in [1.82, 2.24) is 15.0 Å². The molecule has 9 rings (SSSR count). The topological polar surface area (TPSA) is 71.7 Å². The number of aromatic nitrogens is 3. The van der Waals surface area contributed by atoms with Crippen LogP contribution in [0.1, 0.15) is 27.8 Å². The van der Waals surface area contributed by atoms with Gasteiger partial charge in [-0.05, 0) is 47.0 Å². The molecule has 244 valence electrons. The van der Waals surface area contributed by atoms with Gasteiger partial charge in [-0.3, -0.25) is 0 Å². The van der Waals surface area contributed by atoms with Crippen molar-refractivity contribution in [3.63, 3.8) is 0 Å². The zero-order valence-corrected chi connectivity index (χ0v) is 28.0. The molecule has 5 nitrogen and oxygen atoms in total. The number of hydrogen-bond donors (Lipinski definition) is 0. The maximum absolute atomic E-state index is 9.33. The summed E-state index contributed by atoms with van der Waals surface area (Å²) in [7, 11) is 0. The van der Waals surface area contributed by atoms with Crippen LogP contribution in [0, 0.1) is 11.3 Å². The van der Waals surface area contributed by atoms with E-state index in [1.165, 1.54) is 11.1 Å². The van der Waals surface area contributed by atoms with Crippen molar-refractivity contribution in [2.24, 2.45) is 0 Å². The lowest BCUT2D eigenvalue weighted by molar-refractivity contribution is 0.436. The summed E-state index contributed by atoms with van der Waals surface area (Å²) >= 11 is 0. The molecular weight excluding hydrogens is 637 g/mol. The highest BCUT2D eigenvalue weighted by molar-refractivity contribution is 5.80. The van der Waals surface area contributed by atoms with Crippen molar-refractivity contribution in [2.75, 3.05) is 0 Å². The third kappa shape index (κ3) is 5.22. The highest BCUT2D eigenvalue weighted by atomic mass is 16.5. The van der Waals surface area contributed by atoms with Crippen molar-refractivity contribution < 1.29 is 4.74 Å². The number of fused-ring (bicyclic) bond motifs is 2. The largest absolute Gasteiger partial charge is 0.456 e. The summed E-state index contributed by atoms with van der Waals surface area (Å²) < 4.78 is 6.87. The minimum atomic E-state index is -0.594. The number of benzene rings is 7. The third-order valence-corrected chi connectivity index (χ3v) is 9.73. The van der Waals surface area contributed by atoms with E-state index < -0.39 is 5.41 Å². The molecule has 0 radical (unpaired) electrons. The number of hydrogen-bond acceptors (Lipinski definition) is 5. The molecule has 1 aliphatic rings. The Hall–Kier alpha value is -7.16.